The first-order valence-corrected chi connectivity index (χ1v) is 15.7. The molecule has 4 rings (SSSR count). The fraction of sp³-hybridized carbons (Fsp3) is 0.719. The van der Waals surface area contributed by atoms with E-state index < -0.39 is 39.0 Å². The van der Waals surface area contributed by atoms with E-state index in [-0.39, 0.29) is 35.7 Å². The minimum Gasteiger partial charge on any atom is -0.394 e. The normalized spacial score (nSPS) is 31.2. The van der Waals surface area contributed by atoms with E-state index in [1.807, 2.05) is 58.0 Å². The van der Waals surface area contributed by atoms with Crippen molar-refractivity contribution in [2.24, 2.45) is 23.2 Å². The second-order valence-electron chi connectivity index (χ2n) is 14.4. The molecule has 7 nitrogen and oxygen atoms in total. The Morgan fingerprint density at radius 1 is 1.12 bits per heavy atom. The number of carbonyl (C=O) groups is 3. The highest BCUT2D eigenvalue weighted by atomic mass is 32.2. The fourth-order valence-electron chi connectivity index (χ4n) is 7.90. The highest BCUT2D eigenvalue weighted by molar-refractivity contribution is 8.02. The van der Waals surface area contributed by atoms with Crippen molar-refractivity contribution < 1.29 is 19.5 Å². The van der Waals surface area contributed by atoms with Crippen LogP contribution >= 0.6 is 11.8 Å². The largest absolute Gasteiger partial charge is 0.394 e. The molecule has 1 aromatic carbocycles. The maximum atomic E-state index is 14.5. The molecule has 3 amide bonds. The molecular weight excluding hydrogens is 522 g/mol. The second kappa shape index (κ2) is 11.0. The Hall–Kier alpha value is -2.06. The number of hydrogen-bond acceptors (Lipinski definition) is 5. The zero-order chi connectivity index (χ0) is 29.7. The Balaban J connectivity index is 1.71. The summed E-state index contributed by atoms with van der Waals surface area (Å²) in [5, 5.41) is 17.0. The number of nitrogens with zero attached hydrogens (tertiary/aromatic N) is 1. The summed E-state index contributed by atoms with van der Waals surface area (Å²) in [6.45, 7) is 16.8. The van der Waals surface area contributed by atoms with Crippen LogP contribution in [0.2, 0.25) is 0 Å². The lowest BCUT2D eigenvalue weighted by Crippen LogP contribution is -2.61. The molecule has 3 fully saturated rings. The molecule has 3 saturated heterocycles. The number of aliphatic hydroxyl groups is 1. The minimum absolute atomic E-state index is 0.00309. The van der Waals surface area contributed by atoms with Gasteiger partial charge < -0.3 is 20.6 Å². The summed E-state index contributed by atoms with van der Waals surface area (Å²) >= 11 is 1.67. The van der Waals surface area contributed by atoms with Crippen molar-refractivity contribution in [3.05, 3.63) is 35.9 Å². The van der Waals surface area contributed by atoms with Crippen molar-refractivity contribution >= 4 is 29.5 Å². The van der Waals surface area contributed by atoms with E-state index in [1.54, 1.807) is 16.7 Å². The highest BCUT2D eigenvalue weighted by Gasteiger charge is 2.77. The van der Waals surface area contributed by atoms with E-state index in [0.29, 0.717) is 13.0 Å². The van der Waals surface area contributed by atoms with Crippen LogP contribution in [0, 0.1) is 23.2 Å². The third-order valence-electron chi connectivity index (χ3n) is 9.33. The smallest absolute Gasteiger partial charge is 0.244 e. The zero-order valence-electron chi connectivity index (χ0n) is 25.5. The molecule has 2 bridgehead atoms. The first-order chi connectivity index (χ1) is 18.6. The van der Waals surface area contributed by atoms with Crippen molar-refractivity contribution in [1.29, 1.82) is 0 Å². The number of rotatable bonds is 10. The van der Waals surface area contributed by atoms with Crippen LogP contribution in [-0.2, 0) is 20.9 Å². The van der Waals surface area contributed by atoms with E-state index in [1.165, 1.54) is 0 Å². The lowest BCUT2D eigenvalue weighted by molar-refractivity contribution is -0.144. The van der Waals surface area contributed by atoms with E-state index in [2.05, 4.69) is 38.3 Å². The van der Waals surface area contributed by atoms with E-state index in [4.69, 9.17) is 0 Å². The topological polar surface area (TPSA) is 98.7 Å². The van der Waals surface area contributed by atoms with Crippen LogP contribution in [0.25, 0.3) is 0 Å². The molecule has 8 heteroatoms. The summed E-state index contributed by atoms with van der Waals surface area (Å²) < 4.78 is -1.14. The number of fused-ring (bicyclic) bond motifs is 1. The lowest BCUT2D eigenvalue weighted by atomic mass is 9.66. The molecule has 0 saturated carbocycles. The Bertz CT molecular complexity index is 1120. The number of aliphatic hydroxyl groups excluding tert-OH is 1. The molecule has 3 heterocycles. The van der Waals surface area contributed by atoms with E-state index in [0.717, 1.165) is 24.8 Å². The summed E-state index contributed by atoms with van der Waals surface area (Å²) in [5.74, 6) is -1.60. The van der Waals surface area contributed by atoms with Crippen LogP contribution < -0.4 is 10.6 Å². The van der Waals surface area contributed by atoms with Crippen molar-refractivity contribution in [2.45, 2.75) is 115 Å². The number of thioether (sulfide) groups is 1. The van der Waals surface area contributed by atoms with Gasteiger partial charge in [0.25, 0.3) is 0 Å². The van der Waals surface area contributed by atoms with Gasteiger partial charge in [-0.25, -0.2) is 0 Å². The van der Waals surface area contributed by atoms with Crippen LogP contribution in [0.15, 0.2) is 30.3 Å². The zero-order valence-corrected chi connectivity index (χ0v) is 26.4. The maximum Gasteiger partial charge on any atom is 0.244 e. The van der Waals surface area contributed by atoms with Crippen molar-refractivity contribution in [2.75, 3.05) is 6.61 Å². The molecule has 1 aromatic rings. The number of nitrogens with one attached hydrogen (secondary N) is 2. The van der Waals surface area contributed by atoms with Gasteiger partial charge in [-0.05, 0) is 56.9 Å². The summed E-state index contributed by atoms with van der Waals surface area (Å²) in [4.78, 5) is 44.4. The van der Waals surface area contributed by atoms with E-state index in [9.17, 15) is 19.5 Å². The number of carbonyl (C=O) groups excluding carboxylic acids is 3. The predicted molar refractivity (Wildman–Crippen MR) is 160 cm³/mol. The summed E-state index contributed by atoms with van der Waals surface area (Å²) in [5.41, 5.74) is 0.520. The van der Waals surface area contributed by atoms with Gasteiger partial charge in [-0.3, -0.25) is 14.4 Å². The molecule has 0 radical (unpaired) electrons. The Labute approximate surface area is 244 Å². The van der Waals surface area contributed by atoms with Gasteiger partial charge in [0.2, 0.25) is 17.7 Å². The SMILES string of the molecule is CC[C@H](C)[C@H](CO)N1C(=O)[C@@H]2[C@@H](C(=O)NCc3ccccc3)[C@@]3(C)CCC2(S3)C1C(=O)NC(C)(C)CC(C)(C)C. The van der Waals surface area contributed by atoms with Crippen molar-refractivity contribution in [1.82, 2.24) is 15.5 Å². The van der Waals surface area contributed by atoms with Crippen LogP contribution in [-0.4, -0.2) is 61.5 Å². The van der Waals surface area contributed by atoms with Gasteiger partial charge in [-0.1, -0.05) is 71.4 Å². The second-order valence-corrected chi connectivity index (χ2v) is 16.3. The van der Waals surface area contributed by atoms with Gasteiger partial charge in [0.1, 0.15) is 6.04 Å². The quantitative estimate of drug-likeness (QED) is 0.384. The van der Waals surface area contributed by atoms with Crippen LogP contribution in [0.4, 0.5) is 0 Å². The Morgan fingerprint density at radius 2 is 1.77 bits per heavy atom. The average molecular weight is 572 g/mol. The Morgan fingerprint density at radius 3 is 2.35 bits per heavy atom. The van der Waals surface area contributed by atoms with Gasteiger partial charge in [0.05, 0.1) is 29.2 Å². The third kappa shape index (κ3) is 5.55. The van der Waals surface area contributed by atoms with Gasteiger partial charge in [0, 0.05) is 16.8 Å². The molecule has 222 valence electrons. The van der Waals surface area contributed by atoms with Crippen LogP contribution in [0.3, 0.4) is 0 Å². The monoisotopic (exact) mass is 571 g/mol. The molecule has 7 atom stereocenters. The molecule has 0 aromatic heterocycles. The number of hydrogen-bond donors (Lipinski definition) is 3. The van der Waals surface area contributed by atoms with Gasteiger partial charge in [-0.2, -0.15) is 0 Å². The fourth-order valence-corrected chi connectivity index (χ4v) is 10.2. The summed E-state index contributed by atoms with van der Waals surface area (Å²) in [6.07, 6.45) is 3.00. The van der Waals surface area contributed by atoms with Crippen molar-refractivity contribution in [3.63, 3.8) is 0 Å². The van der Waals surface area contributed by atoms with Crippen molar-refractivity contribution in [3.8, 4) is 0 Å². The third-order valence-corrected chi connectivity index (χ3v) is 11.3. The predicted octanol–water partition coefficient (Wildman–Crippen LogP) is 4.52. The standard InChI is InChI=1S/C32H49N3O4S/c1-9-20(2)22(18-36)35-25(27(38)34-30(6,7)19-29(3,4)5)32-16-15-31(8,40-32)23(24(32)28(35)39)26(37)33-17-21-13-11-10-12-14-21/h10-14,20,22-25,36H,9,15-19H2,1-8H3,(H,33,37)(H,34,38)/t20-,22-,23-,24-,25?,31+,32?/m0/s1. The summed E-state index contributed by atoms with van der Waals surface area (Å²) in [7, 11) is 0. The lowest BCUT2D eigenvalue weighted by Gasteiger charge is -2.41. The molecule has 1 spiro atoms. The van der Waals surface area contributed by atoms with Gasteiger partial charge in [0.15, 0.2) is 0 Å². The van der Waals surface area contributed by atoms with Crippen LogP contribution in [0.1, 0.15) is 86.6 Å². The van der Waals surface area contributed by atoms with E-state index >= 15 is 0 Å². The first kappa shape index (κ1) is 30.9. The summed E-state index contributed by atoms with van der Waals surface area (Å²) in [6, 6.07) is 8.54. The van der Waals surface area contributed by atoms with Gasteiger partial charge >= 0.3 is 0 Å². The van der Waals surface area contributed by atoms with Crippen LogP contribution in [0.5, 0.6) is 0 Å². The Kier molecular flexibility index (Phi) is 8.47. The average Bonchev–Trinajstić information content (AvgIpc) is 3.42. The van der Waals surface area contributed by atoms with Gasteiger partial charge in [-0.15, -0.1) is 11.8 Å². The maximum absolute atomic E-state index is 14.5. The molecule has 3 aliphatic rings. The molecule has 3 N–H and O–H groups in total. The molecule has 2 unspecified atom stereocenters. The molecular formula is C32H49N3O4S. The molecule has 3 aliphatic heterocycles. The number of benzene rings is 1. The number of amides is 3. The molecule has 40 heavy (non-hydrogen) atoms. The first-order valence-electron chi connectivity index (χ1n) is 14.9. The highest BCUT2D eigenvalue weighted by Crippen LogP contribution is 2.71. The number of likely N-dealkylation sites (tertiary alicyclic amines) is 1. The minimum atomic E-state index is -0.742. The molecule has 0 aliphatic carbocycles.